The summed E-state index contributed by atoms with van der Waals surface area (Å²) in [6.07, 6.45) is 1.000. The van der Waals surface area contributed by atoms with Gasteiger partial charge in [0.15, 0.2) is 0 Å². The van der Waals surface area contributed by atoms with Crippen LogP contribution in [-0.2, 0) is 9.59 Å². The Morgan fingerprint density at radius 2 is 1.88 bits per heavy atom. The number of rotatable bonds is 3. The maximum Gasteiger partial charge on any atom is 0.248 e. The zero-order chi connectivity index (χ0) is 13.4. The van der Waals surface area contributed by atoms with Crippen LogP contribution in [0.3, 0.4) is 0 Å². The molecule has 0 aromatic rings. The first-order chi connectivity index (χ1) is 7.72. The van der Waals surface area contributed by atoms with Crippen molar-refractivity contribution in [3.63, 3.8) is 0 Å². The maximum absolute atomic E-state index is 12.4. The number of carbonyl (C=O) groups excluding carboxylic acids is 2. The van der Waals surface area contributed by atoms with Gasteiger partial charge in [0.25, 0.3) is 0 Å². The second kappa shape index (κ2) is 4.67. The molecule has 3 atom stereocenters. The van der Waals surface area contributed by atoms with Crippen molar-refractivity contribution in [2.24, 2.45) is 5.92 Å². The molecule has 0 radical (unpaired) electrons. The first-order valence-electron chi connectivity index (χ1n) is 6.37. The van der Waals surface area contributed by atoms with Gasteiger partial charge in [-0.3, -0.25) is 9.59 Å². The van der Waals surface area contributed by atoms with E-state index in [-0.39, 0.29) is 23.9 Å². The van der Waals surface area contributed by atoms with Gasteiger partial charge in [-0.2, -0.15) is 0 Å². The van der Waals surface area contributed by atoms with Crippen molar-refractivity contribution in [3.05, 3.63) is 0 Å². The summed E-state index contributed by atoms with van der Waals surface area (Å²) in [6, 6.07) is -0.285. The summed E-state index contributed by atoms with van der Waals surface area (Å²) in [5.41, 5.74) is -0.786. The molecule has 1 rings (SSSR count). The number of nitrogens with zero attached hydrogens (tertiary/aromatic N) is 1. The van der Waals surface area contributed by atoms with Crippen molar-refractivity contribution in [1.29, 1.82) is 0 Å². The Kier molecular flexibility index (Phi) is 3.84. The summed E-state index contributed by atoms with van der Waals surface area (Å²) >= 11 is 0. The molecule has 0 saturated carbocycles. The SMILES string of the molecule is CCC(C)C(C)N1C(=O)C(C)(C)NC(=O)C1C. The molecule has 1 aliphatic heterocycles. The molecule has 0 aliphatic carbocycles. The molecule has 0 spiro atoms. The van der Waals surface area contributed by atoms with Crippen molar-refractivity contribution >= 4 is 11.8 Å². The van der Waals surface area contributed by atoms with Crippen LogP contribution in [0.2, 0.25) is 0 Å². The molecule has 4 nitrogen and oxygen atoms in total. The molecular weight excluding hydrogens is 216 g/mol. The van der Waals surface area contributed by atoms with Gasteiger partial charge in [-0.05, 0) is 33.6 Å². The lowest BCUT2D eigenvalue weighted by molar-refractivity contribution is -0.156. The van der Waals surface area contributed by atoms with Crippen LogP contribution in [0.25, 0.3) is 0 Å². The molecule has 3 unspecified atom stereocenters. The Balaban J connectivity index is 3.02. The Bertz CT molecular complexity index is 325. The van der Waals surface area contributed by atoms with Crippen LogP contribution in [0.4, 0.5) is 0 Å². The third kappa shape index (κ3) is 2.45. The standard InChI is InChI=1S/C13H24N2O2/c1-7-8(2)9(3)15-10(4)11(16)14-13(5,6)12(15)17/h8-10H,7H2,1-6H3,(H,14,16). The number of nitrogens with one attached hydrogen (secondary N) is 1. The van der Waals surface area contributed by atoms with E-state index in [0.717, 1.165) is 6.42 Å². The predicted molar refractivity (Wildman–Crippen MR) is 67.4 cm³/mol. The highest BCUT2D eigenvalue weighted by Crippen LogP contribution is 2.24. The van der Waals surface area contributed by atoms with Crippen molar-refractivity contribution in [2.75, 3.05) is 0 Å². The Morgan fingerprint density at radius 1 is 1.35 bits per heavy atom. The minimum atomic E-state index is -0.786. The molecule has 17 heavy (non-hydrogen) atoms. The molecule has 1 saturated heterocycles. The minimum Gasteiger partial charge on any atom is -0.340 e. The minimum absolute atomic E-state index is 0.0115. The monoisotopic (exact) mass is 240 g/mol. The van der Waals surface area contributed by atoms with E-state index in [1.807, 2.05) is 6.92 Å². The van der Waals surface area contributed by atoms with E-state index in [4.69, 9.17) is 0 Å². The van der Waals surface area contributed by atoms with Gasteiger partial charge in [0, 0.05) is 6.04 Å². The van der Waals surface area contributed by atoms with Crippen LogP contribution >= 0.6 is 0 Å². The second-order valence-electron chi connectivity index (χ2n) is 5.63. The molecule has 4 heteroatoms. The molecule has 0 aromatic heterocycles. The van der Waals surface area contributed by atoms with Gasteiger partial charge in [0.05, 0.1) is 0 Å². The van der Waals surface area contributed by atoms with E-state index in [9.17, 15) is 9.59 Å². The third-order valence-electron chi connectivity index (χ3n) is 3.91. The van der Waals surface area contributed by atoms with Gasteiger partial charge < -0.3 is 10.2 Å². The highest BCUT2D eigenvalue weighted by molar-refractivity contribution is 5.99. The summed E-state index contributed by atoms with van der Waals surface area (Å²) in [5.74, 6) is 0.338. The fourth-order valence-corrected chi connectivity index (χ4v) is 2.24. The molecule has 2 amide bonds. The van der Waals surface area contributed by atoms with Crippen LogP contribution in [0, 0.1) is 5.92 Å². The van der Waals surface area contributed by atoms with Crippen LogP contribution in [-0.4, -0.2) is 34.3 Å². The maximum atomic E-state index is 12.4. The van der Waals surface area contributed by atoms with Gasteiger partial charge in [0.2, 0.25) is 11.8 Å². The topological polar surface area (TPSA) is 49.4 Å². The second-order valence-corrected chi connectivity index (χ2v) is 5.63. The zero-order valence-electron chi connectivity index (χ0n) is 11.7. The van der Waals surface area contributed by atoms with Gasteiger partial charge in [-0.1, -0.05) is 20.3 Å². The Hall–Kier alpha value is -1.06. The van der Waals surface area contributed by atoms with E-state index in [1.54, 1.807) is 25.7 Å². The quantitative estimate of drug-likeness (QED) is 0.813. The fraction of sp³-hybridized carbons (Fsp3) is 0.846. The smallest absolute Gasteiger partial charge is 0.248 e. The number of hydrogen-bond acceptors (Lipinski definition) is 2. The van der Waals surface area contributed by atoms with Gasteiger partial charge in [0.1, 0.15) is 11.6 Å². The van der Waals surface area contributed by atoms with E-state index in [2.05, 4.69) is 19.2 Å². The molecule has 98 valence electrons. The number of hydrogen-bond donors (Lipinski definition) is 1. The molecule has 1 heterocycles. The van der Waals surface area contributed by atoms with Crippen LogP contribution in [0.5, 0.6) is 0 Å². The molecule has 0 aromatic carbocycles. The molecule has 1 N–H and O–H groups in total. The normalized spacial score (nSPS) is 27.6. The lowest BCUT2D eigenvalue weighted by Gasteiger charge is -2.46. The fourth-order valence-electron chi connectivity index (χ4n) is 2.24. The first kappa shape index (κ1) is 14.0. The van der Waals surface area contributed by atoms with E-state index in [1.165, 1.54) is 0 Å². The average Bonchev–Trinajstić information content (AvgIpc) is 2.25. The highest BCUT2D eigenvalue weighted by atomic mass is 16.2. The number of carbonyl (C=O) groups is 2. The lowest BCUT2D eigenvalue weighted by Crippen LogP contribution is -2.69. The van der Waals surface area contributed by atoms with E-state index >= 15 is 0 Å². The van der Waals surface area contributed by atoms with Crippen LogP contribution in [0.1, 0.15) is 48.0 Å². The number of amides is 2. The van der Waals surface area contributed by atoms with Crippen LogP contribution in [0.15, 0.2) is 0 Å². The predicted octanol–water partition coefficient (Wildman–Crippen LogP) is 1.55. The van der Waals surface area contributed by atoms with E-state index in [0.29, 0.717) is 5.92 Å². The summed E-state index contributed by atoms with van der Waals surface area (Å²) < 4.78 is 0. The van der Waals surface area contributed by atoms with Gasteiger partial charge in [-0.15, -0.1) is 0 Å². The summed E-state index contributed by atoms with van der Waals surface area (Å²) in [5, 5.41) is 2.77. The van der Waals surface area contributed by atoms with Crippen molar-refractivity contribution in [1.82, 2.24) is 10.2 Å². The summed E-state index contributed by atoms with van der Waals surface area (Å²) in [4.78, 5) is 26.0. The Labute approximate surface area is 104 Å². The van der Waals surface area contributed by atoms with Crippen molar-refractivity contribution in [3.8, 4) is 0 Å². The molecular formula is C13H24N2O2. The average molecular weight is 240 g/mol. The van der Waals surface area contributed by atoms with Crippen molar-refractivity contribution in [2.45, 2.75) is 65.6 Å². The third-order valence-corrected chi connectivity index (χ3v) is 3.91. The molecule has 1 aliphatic rings. The molecule has 0 bridgehead atoms. The number of piperazine rings is 1. The lowest BCUT2D eigenvalue weighted by atomic mass is 9.91. The molecule has 1 fully saturated rings. The van der Waals surface area contributed by atoms with Gasteiger partial charge >= 0.3 is 0 Å². The van der Waals surface area contributed by atoms with Crippen LogP contribution < -0.4 is 5.32 Å². The first-order valence-corrected chi connectivity index (χ1v) is 6.37. The van der Waals surface area contributed by atoms with E-state index < -0.39 is 5.54 Å². The largest absolute Gasteiger partial charge is 0.340 e. The summed E-state index contributed by atoms with van der Waals surface area (Å²) in [6.45, 7) is 11.6. The zero-order valence-corrected chi connectivity index (χ0v) is 11.7. The van der Waals surface area contributed by atoms with Crippen molar-refractivity contribution < 1.29 is 9.59 Å². The highest BCUT2D eigenvalue weighted by Gasteiger charge is 2.45. The Morgan fingerprint density at radius 3 is 2.35 bits per heavy atom. The van der Waals surface area contributed by atoms with Gasteiger partial charge in [-0.25, -0.2) is 0 Å². The summed E-state index contributed by atoms with van der Waals surface area (Å²) in [7, 11) is 0.